The van der Waals surface area contributed by atoms with Gasteiger partial charge in [-0.3, -0.25) is 9.69 Å². The number of nitriles is 1. The lowest BCUT2D eigenvalue weighted by Crippen LogP contribution is -2.40. The largest absolute Gasteiger partial charge is 0.383 e. The fraction of sp³-hybridized carbons (Fsp3) is 0.138. The second-order valence-corrected chi connectivity index (χ2v) is 8.98. The van der Waals surface area contributed by atoms with E-state index in [9.17, 15) is 14.4 Å². The minimum atomic E-state index is -0.632. The highest BCUT2D eigenvalue weighted by atomic mass is 19.1. The van der Waals surface area contributed by atoms with Gasteiger partial charge in [0.05, 0.1) is 23.2 Å². The molecule has 1 aliphatic carbocycles. The van der Waals surface area contributed by atoms with Crippen molar-refractivity contribution in [1.29, 1.82) is 5.26 Å². The Morgan fingerprint density at radius 3 is 2.40 bits per heavy atom. The Bertz CT molecular complexity index is 1500. The normalized spacial score (nSPS) is 21.1. The van der Waals surface area contributed by atoms with Crippen LogP contribution in [0, 0.1) is 17.1 Å². The van der Waals surface area contributed by atoms with Crippen molar-refractivity contribution in [2.24, 2.45) is 10.7 Å². The number of benzene rings is 3. The van der Waals surface area contributed by atoms with Crippen LogP contribution >= 0.6 is 0 Å². The monoisotopic (exact) mass is 460 g/mol. The Kier molecular flexibility index (Phi) is 4.85. The van der Waals surface area contributed by atoms with Crippen LogP contribution in [0.4, 0.5) is 10.1 Å². The summed E-state index contributed by atoms with van der Waals surface area (Å²) in [5, 5.41) is 10.3. The van der Waals surface area contributed by atoms with Crippen LogP contribution in [0.15, 0.2) is 107 Å². The molecule has 0 aromatic heterocycles. The van der Waals surface area contributed by atoms with E-state index >= 15 is 0 Å². The molecule has 2 N–H and O–H groups in total. The van der Waals surface area contributed by atoms with E-state index in [4.69, 9.17) is 5.73 Å². The molecule has 2 atom stereocenters. The van der Waals surface area contributed by atoms with Crippen molar-refractivity contribution in [1.82, 2.24) is 0 Å². The summed E-state index contributed by atoms with van der Waals surface area (Å²) in [6.45, 7) is 0. The molecule has 0 unspecified atom stereocenters. The van der Waals surface area contributed by atoms with E-state index in [1.165, 1.54) is 12.1 Å². The van der Waals surface area contributed by atoms with Gasteiger partial charge in [-0.2, -0.15) is 5.26 Å². The molecule has 6 rings (SSSR count). The van der Waals surface area contributed by atoms with Crippen molar-refractivity contribution in [3.8, 4) is 6.07 Å². The highest BCUT2D eigenvalue weighted by Gasteiger charge is 2.45. The van der Waals surface area contributed by atoms with Crippen LogP contribution < -0.4 is 10.6 Å². The molecule has 0 saturated heterocycles. The Morgan fingerprint density at radius 2 is 1.66 bits per heavy atom. The zero-order valence-electron chi connectivity index (χ0n) is 18.8. The zero-order chi connectivity index (χ0) is 24.1. The fourth-order valence-electron chi connectivity index (χ4n) is 5.46. The minimum absolute atomic E-state index is 0.00313. The molecule has 0 spiro atoms. The first kappa shape index (κ1) is 21.1. The van der Waals surface area contributed by atoms with Crippen molar-refractivity contribution in [2.45, 2.75) is 24.7 Å². The summed E-state index contributed by atoms with van der Waals surface area (Å²) in [5.74, 6) is -0.271. The molecule has 3 aromatic carbocycles. The molecule has 170 valence electrons. The highest BCUT2D eigenvalue weighted by Crippen LogP contribution is 2.51. The smallest absolute Gasteiger partial charge is 0.162 e. The number of ketones is 1. The summed E-state index contributed by atoms with van der Waals surface area (Å²) in [7, 11) is 0. The second-order valence-electron chi connectivity index (χ2n) is 8.98. The van der Waals surface area contributed by atoms with Crippen LogP contribution in [0.25, 0.3) is 0 Å². The van der Waals surface area contributed by atoms with E-state index in [2.05, 4.69) is 11.1 Å². The predicted octanol–water partition coefficient (Wildman–Crippen LogP) is 5.28. The number of carbonyl (C=O) groups is 1. The Balaban J connectivity index is 1.61. The summed E-state index contributed by atoms with van der Waals surface area (Å²) < 4.78 is 13.8. The van der Waals surface area contributed by atoms with Crippen molar-refractivity contribution in [3.05, 3.63) is 124 Å². The standard InChI is InChI=1S/C29H21FN4O/c30-20-12-10-18(11-13-20)26-22(16-31)29-33-28(32)21-8-4-5-9-23(21)34(29)24-14-19(15-25(35)27(24)26)17-6-2-1-3-7-17/h1-13,19,26H,14-15H2,(H2,32,33)/t19-,26-/m0/s1. The molecule has 35 heavy (non-hydrogen) atoms. The molecule has 0 radical (unpaired) electrons. The van der Waals surface area contributed by atoms with Gasteiger partial charge in [0.2, 0.25) is 0 Å². The lowest BCUT2D eigenvalue weighted by Gasteiger charge is -2.43. The van der Waals surface area contributed by atoms with Crippen LogP contribution in [0.1, 0.15) is 41.4 Å². The minimum Gasteiger partial charge on any atom is -0.383 e. The van der Waals surface area contributed by atoms with Gasteiger partial charge in [0.1, 0.15) is 11.7 Å². The van der Waals surface area contributed by atoms with Crippen molar-refractivity contribution < 1.29 is 9.18 Å². The summed E-state index contributed by atoms with van der Waals surface area (Å²) in [6.07, 6.45) is 0.949. The van der Waals surface area contributed by atoms with E-state index in [1.54, 1.807) is 12.1 Å². The van der Waals surface area contributed by atoms with Gasteiger partial charge in [-0.15, -0.1) is 0 Å². The van der Waals surface area contributed by atoms with Gasteiger partial charge in [-0.05, 0) is 47.7 Å². The summed E-state index contributed by atoms with van der Waals surface area (Å²) in [5.41, 5.74) is 11.4. The van der Waals surface area contributed by atoms with E-state index in [-0.39, 0.29) is 17.5 Å². The van der Waals surface area contributed by atoms with Crippen molar-refractivity contribution in [2.75, 3.05) is 4.90 Å². The number of nitrogens with zero attached hydrogens (tertiary/aromatic N) is 3. The van der Waals surface area contributed by atoms with Gasteiger partial charge in [0.25, 0.3) is 0 Å². The first-order valence-electron chi connectivity index (χ1n) is 11.5. The number of allylic oxidation sites excluding steroid dienone is 3. The predicted molar refractivity (Wildman–Crippen MR) is 132 cm³/mol. The number of nitrogens with two attached hydrogens (primary N) is 1. The van der Waals surface area contributed by atoms with Crippen LogP contribution in [0.5, 0.6) is 0 Å². The molecule has 2 aliphatic heterocycles. The average molecular weight is 461 g/mol. The summed E-state index contributed by atoms with van der Waals surface area (Å²) in [4.78, 5) is 20.4. The van der Waals surface area contributed by atoms with Crippen molar-refractivity contribution >= 4 is 17.3 Å². The number of fused-ring (bicyclic) bond motifs is 4. The Hall–Kier alpha value is -4.50. The molecule has 3 aromatic rings. The quantitative estimate of drug-likeness (QED) is 0.564. The summed E-state index contributed by atoms with van der Waals surface area (Å²) >= 11 is 0. The van der Waals surface area contributed by atoms with Crippen molar-refractivity contribution in [3.63, 3.8) is 0 Å². The fourth-order valence-corrected chi connectivity index (χ4v) is 5.46. The first-order chi connectivity index (χ1) is 17.1. The maximum Gasteiger partial charge on any atom is 0.162 e. The number of para-hydroxylation sites is 1. The zero-order valence-corrected chi connectivity index (χ0v) is 18.8. The maximum atomic E-state index is 13.8. The molecular formula is C29H21FN4O. The molecule has 0 bridgehead atoms. The van der Waals surface area contributed by atoms with Crippen LogP contribution in [0.3, 0.4) is 0 Å². The van der Waals surface area contributed by atoms with Crippen LogP contribution in [0.2, 0.25) is 0 Å². The van der Waals surface area contributed by atoms with Gasteiger partial charge >= 0.3 is 0 Å². The third-order valence-corrected chi connectivity index (χ3v) is 7.02. The number of aliphatic imine (C=N–C) groups is 1. The number of halogens is 1. The Morgan fingerprint density at radius 1 is 0.943 bits per heavy atom. The SMILES string of the molecule is N#CC1=C2N=C(N)c3ccccc3N2C2=C(C(=O)C[C@@H](c3ccccc3)C2)[C@H]1c1ccc(F)cc1. The molecule has 5 nitrogen and oxygen atoms in total. The third kappa shape index (κ3) is 3.28. The number of hydrogen-bond acceptors (Lipinski definition) is 5. The maximum absolute atomic E-state index is 13.8. The Labute approximate surface area is 202 Å². The van der Waals surface area contributed by atoms with E-state index in [0.29, 0.717) is 41.2 Å². The molecule has 0 amide bonds. The van der Waals surface area contributed by atoms with E-state index < -0.39 is 5.92 Å². The number of anilines is 1. The lowest BCUT2D eigenvalue weighted by molar-refractivity contribution is -0.116. The van der Waals surface area contributed by atoms with Crippen LogP contribution in [-0.4, -0.2) is 11.6 Å². The highest BCUT2D eigenvalue weighted by molar-refractivity contribution is 6.08. The first-order valence-corrected chi connectivity index (χ1v) is 11.5. The number of rotatable bonds is 2. The van der Waals surface area contributed by atoms with E-state index in [1.807, 2.05) is 59.5 Å². The molecule has 6 heteroatoms. The summed E-state index contributed by atoms with van der Waals surface area (Å²) in [6, 6.07) is 25.9. The van der Waals surface area contributed by atoms with Gasteiger partial charge in [0.15, 0.2) is 11.6 Å². The number of hydrogen-bond donors (Lipinski definition) is 1. The number of Topliss-reactive ketones (excluding diaryl/α,β-unsaturated/α-hetero) is 1. The van der Waals surface area contributed by atoms with Gasteiger partial charge in [-0.1, -0.05) is 54.6 Å². The van der Waals surface area contributed by atoms with Gasteiger partial charge in [-0.25, -0.2) is 9.38 Å². The third-order valence-electron chi connectivity index (χ3n) is 7.02. The topological polar surface area (TPSA) is 82.5 Å². The van der Waals surface area contributed by atoms with Gasteiger partial charge in [0, 0.05) is 23.3 Å². The molecular weight excluding hydrogens is 439 g/mol. The van der Waals surface area contributed by atoms with E-state index in [0.717, 1.165) is 22.5 Å². The lowest BCUT2D eigenvalue weighted by atomic mass is 9.71. The number of carbonyl (C=O) groups excluding carboxylic acids is 1. The molecule has 0 fully saturated rings. The molecule has 0 saturated carbocycles. The molecule has 3 aliphatic rings. The second kappa shape index (κ2) is 8.07. The van der Waals surface area contributed by atoms with Gasteiger partial charge < -0.3 is 5.73 Å². The number of amidine groups is 1. The molecule has 2 heterocycles. The average Bonchev–Trinajstić information content (AvgIpc) is 2.89. The van der Waals surface area contributed by atoms with Crippen LogP contribution in [-0.2, 0) is 4.79 Å².